The number of carbonyl (C=O) groups excluding carboxylic acids is 1. The van der Waals surface area contributed by atoms with E-state index >= 15 is 0 Å². The summed E-state index contributed by atoms with van der Waals surface area (Å²) in [4.78, 5) is 23.3. The van der Waals surface area contributed by atoms with Crippen LogP contribution in [0.25, 0.3) is 0 Å². The number of halogens is 7. The van der Waals surface area contributed by atoms with Gasteiger partial charge in [0.2, 0.25) is 0 Å². The zero-order valence-electron chi connectivity index (χ0n) is 16.0. The van der Waals surface area contributed by atoms with E-state index in [9.17, 15) is 41.2 Å². The number of carbonyl (C=O) groups is 1. The number of nitrogens with one attached hydrogen (secondary N) is 1. The van der Waals surface area contributed by atoms with Crippen molar-refractivity contribution in [3.63, 3.8) is 0 Å². The van der Waals surface area contributed by atoms with E-state index in [4.69, 9.17) is 11.6 Å². The molecule has 31 heavy (non-hydrogen) atoms. The Bertz CT molecular complexity index is 1010. The summed E-state index contributed by atoms with van der Waals surface area (Å²) in [7, 11) is 0. The van der Waals surface area contributed by atoms with Gasteiger partial charge in [-0.3, -0.25) is 4.79 Å². The van der Waals surface area contributed by atoms with E-state index in [0.717, 1.165) is 0 Å². The van der Waals surface area contributed by atoms with Crippen LogP contribution in [0.4, 0.5) is 37.7 Å². The Morgan fingerprint density at radius 1 is 1.13 bits per heavy atom. The molecule has 0 fully saturated rings. The summed E-state index contributed by atoms with van der Waals surface area (Å²) in [5, 5.41) is 14.4. The highest BCUT2D eigenvalue weighted by Gasteiger charge is 2.71. The van der Waals surface area contributed by atoms with Gasteiger partial charge in [-0.2, -0.15) is 26.3 Å². The molecule has 0 aromatic heterocycles. The molecule has 0 bridgehead atoms. The van der Waals surface area contributed by atoms with E-state index in [1.807, 2.05) is 0 Å². The van der Waals surface area contributed by atoms with Crippen molar-refractivity contribution in [2.24, 2.45) is 5.18 Å². The fraction of sp³-hybridized carbons (Fsp3) is 0.316. The van der Waals surface area contributed by atoms with Crippen LogP contribution < -0.4 is 5.32 Å². The molecule has 5 nitrogen and oxygen atoms in total. The van der Waals surface area contributed by atoms with Crippen LogP contribution in [0.3, 0.4) is 0 Å². The summed E-state index contributed by atoms with van der Waals surface area (Å²) >= 11 is 5.93. The molecule has 0 atom stereocenters. The molecule has 12 heteroatoms. The van der Waals surface area contributed by atoms with E-state index in [1.165, 1.54) is 32.0 Å². The lowest BCUT2D eigenvalue weighted by Crippen LogP contribution is -2.54. The first-order chi connectivity index (χ1) is 14.2. The molecule has 2 N–H and O–H groups in total. The summed E-state index contributed by atoms with van der Waals surface area (Å²) in [6, 6.07) is 4.86. The van der Waals surface area contributed by atoms with Crippen molar-refractivity contribution in [3.8, 4) is 0 Å². The number of anilines is 1. The molecular weight excluding hydrogens is 454 g/mol. The molecular formula is C19H15ClF6N2O3. The van der Waals surface area contributed by atoms with Gasteiger partial charge in [0.1, 0.15) is 5.69 Å². The van der Waals surface area contributed by atoms with Crippen LogP contribution in [0.2, 0.25) is 5.02 Å². The van der Waals surface area contributed by atoms with E-state index in [1.54, 1.807) is 0 Å². The molecule has 0 aliphatic heterocycles. The van der Waals surface area contributed by atoms with Gasteiger partial charge in [0.25, 0.3) is 11.5 Å². The van der Waals surface area contributed by atoms with Crippen molar-refractivity contribution in [2.75, 3.05) is 5.32 Å². The summed E-state index contributed by atoms with van der Waals surface area (Å²) in [5.41, 5.74) is -7.21. The standard InChI is InChI=1S/C19H15ClF6N2O3/c1-3-10-8-11(17(30,18(21,22)23)19(24,25)26)7-9(2)15(10)27-16(29)12-5-4-6-13(28-31)14(12)20/h4-8,30H,3H2,1-2H3,(H,27,29). The van der Waals surface area contributed by atoms with Crippen molar-refractivity contribution in [1.29, 1.82) is 0 Å². The summed E-state index contributed by atoms with van der Waals surface area (Å²) in [6.45, 7) is 2.62. The molecule has 0 heterocycles. The SMILES string of the molecule is CCc1cc(C(O)(C(F)(F)F)C(F)(F)F)cc(C)c1NC(=O)c1cccc(N=O)c1Cl. The first-order valence-corrected chi connectivity index (χ1v) is 8.99. The Balaban J connectivity index is 2.58. The third-order valence-electron chi connectivity index (χ3n) is 4.60. The Labute approximate surface area is 177 Å². The Morgan fingerprint density at radius 2 is 1.71 bits per heavy atom. The van der Waals surface area contributed by atoms with Crippen LogP contribution in [0, 0.1) is 11.8 Å². The Kier molecular flexibility index (Phi) is 6.72. The van der Waals surface area contributed by atoms with Crippen LogP contribution in [-0.2, 0) is 12.0 Å². The van der Waals surface area contributed by atoms with Crippen molar-refractivity contribution in [2.45, 2.75) is 38.2 Å². The third-order valence-corrected chi connectivity index (χ3v) is 4.99. The van der Waals surface area contributed by atoms with Gasteiger partial charge in [-0.15, -0.1) is 4.91 Å². The maximum Gasteiger partial charge on any atom is 0.430 e. The Hall–Kier alpha value is -2.66. The average Bonchev–Trinajstić information content (AvgIpc) is 2.66. The lowest BCUT2D eigenvalue weighted by atomic mass is 9.88. The molecule has 1 amide bonds. The fourth-order valence-electron chi connectivity index (χ4n) is 2.96. The molecule has 0 saturated heterocycles. The van der Waals surface area contributed by atoms with Crippen molar-refractivity contribution in [3.05, 3.63) is 62.5 Å². The van der Waals surface area contributed by atoms with Crippen LogP contribution in [-0.4, -0.2) is 23.4 Å². The Morgan fingerprint density at radius 3 is 2.19 bits per heavy atom. The zero-order chi connectivity index (χ0) is 23.8. The highest BCUT2D eigenvalue weighted by Crippen LogP contribution is 2.50. The summed E-state index contributed by atoms with van der Waals surface area (Å²) in [5.74, 6) is -0.858. The van der Waals surface area contributed by atoms with Gasteiger partial charge >= 0.3 is 12.4 Å². The van der Waals surface area contributed by atoms with Gasteiger partial charge in [0.15, 0.2) is 0 Å². The van der Waals surface area contributed by atoms with Gasteiger partial charge in [0, 0.05) is 11.3 Å². The van der Waals surface area contributed by atoms with Gasteiger partial charge in [0.05, 0.1) is 10.6 Å². The number of hydrogen-bond donors (Lipinski definition) is 2. The molecule has 168 valence electrons. The normalized spacial score (nSPS) is 12.6. The first-order valence-electron chi connectivity index (χ1n) is 8.62. The summed E-state index contributed by atoms with van der Waals surface area (Å²) in [6.07, 6.45) is -12.1. The molecule has 0 unspecified atom stereocenters. The van der Waals surface area contributed by atoms with E-state index < -0.39 is 29.4 Å². The van der Waals surface area contributed by atoms with Gasteiger partial charge in [-0.05, 0) is 41.8 Å². The lowest BCUT2D eigenvalue weighted by Gasteiger charge is -2.33. The van der Waals surface area contributed by atoms with Crippen LogP contribution in [0.1, 0.15) is 34.0 Å². The maximum atomic E-state index is 13.2. The maximum absolute atomic E-state index is 13.2. The topological polar surface area (TPSA) is 78.8 Å². The molecule has 2 aromatic rings. The predicted octanol–water partition coefficient (Wildman–Crippen LogP) is 6.17. The third kappa shape index (κ3) is 4.38. The highest BCUT2D eigenvalue weighted by molar-refractivity contribution is 6.36. The molecule has 2 rings (SSSR count). The number of rotatable bonds is 5. The number of aliphatic hydroxyl groups is 1. The molecule has 0 aliphatic rings. The zero-order valence-corrected chi connectivity index (χ0v) is 16.7. The molecule has 0 radical (unpaired) electrons. The monoisotopic (exact) mass is 468 g/mol. The van der Waals surface area contributed by atoms with E-state index in [2.05, 4.69) is 10.5 Å². The number of nitrogens with zero attached hydrogens (tertiary/aromatic N) is 1. The second-order valence-electron chi connectivity index (χ2n) is 6.57. The number of benzene rings is 2. The number of alkyl halides is 6. The van der Waals surface area contributed by atoms with Crippen LogP contribution in [0.15, 0.2) is 35.5 Å². The number of hydrogen-bond acceptors (Lipinski definition) is 4. The molecule has 0 saturated carbocycles. The number of amides is 1. The molecule has 0 spiro atoms. The average molecular weight is 469 g/mol. The van der Waals surface area contributed by atoms with Gasteiger partial charge < -0.3 is 10.4 Å². The minimum absolute atomic E-state index is 0.0523. The minimum Gasteiger partial charge on any atom is -0.369 e. The minimum atomic E-state index is -6.04. The van der Waals surface area contributed by atoms with Crippen molar-refractivity contribution < 1.29 is 36.2 Å². The van der Waals surface area contributed by atoms with Gasteiger partial charge in [-0.1, -0.05) is 36.7 Å². The first kappa shape index (κ1) is 24.6. The van der Waals surface area contributed by atoms with Gasteiger partial charge in [-0.25, -0.2) is 0 Å². The van der Waals surface area contributed by atoms with Crippen molar-refractivity contribution >= 4 is 28.9 Å². The largest absolute Gasteiger partial charge is 0.430 e. The molecule has 0 aliphatic carbocycles. The fourth-order valence-corrected chi connectivity index (χ4v) is 3.21. The molecule has 2 aromatic carbocycles. The second kappa shape index (κ2) is 8.46. The smallest absolute Gasteiger partial charge is 0.369 e. The quantitative estimate of drug-likeness (QED) is 0.406. The number of nitroso groups, excluding NO2 is 1. The van der Waals surface area contributed by atoms with Crippen molar-refractivity contribution in [1.82, 2.24) is 0 Å². The summed E-state index contributed by atoms with van der Waals surface area (Å²) < 4.78 is 79.3. The predicted molar refractivity (Wildman–Crippen MR) is 101 cm³/mol. The number of aryl methyl sites for hydroxylation is 2. The van der Waals surface area contributed by atoms with Crippen LogP contribution >= 0.6 is 11.6 Å². The van der Waals surface area contributed by atoms with E-state index in [0.29, 0.717) is 12.1 Å². The van der Waals surface area contributed by atoms with E-state index in [-0.39, 0.29) is 39.5 Å². The second-order valence-corrected chi connectivity index (χ2v) is 6.95. The van der Waals surface area contributed by atoms with Crippen LogP contribution in [0.5, 0.6) is 0 Å². The lowest BCUT2D eigenvalue weighted by molar-refractivity contribution is -0.376. The highest BCUT2D eigenvalue weighted by atomic mass is 35.5.